The molecule has 6 nitrogen and oxygen atoms in total. The van der Waals surface area contributed by atoms with E-state index in [9.17, 15) is 14.4 Å². The van der Waals surface area contributed by atoms with Gasteiger partial charge in [0, 0.05) is 19.3 Å². The van der Waals surface area contributed by atoms with Crippen molar-refractivity contribution in [3.63, 3.8) is 0 Å². The molecule has 0 saturated heterocycles. The number of hydrogen-bond acceptors (Lipinski definition) is 6. The minimum absolute atomic E-state index is 0.0935. The van der Waals surface area contributed by atoms with Crippen LogP contribution in [0.2, 0.25) is 0 Å². The van der Waals surface area contributed by atoms with Gasteiger partial charge in [0.1, 0.15) is 13.2 Å². The second kappa shape index (κ2) is 50.2. The molecular weight excluding hydrogens is 769 g/mol. The molecule has 62 heavy (non-hydrogen) atoms. The van der Waals surface area contributed by atoms with Gasteiger partial charge in [-0.2, -0.15) is 0 Å². The highest BCUT2D eigenvalue weighted by molar-refractivity contribution is 5.71. The molecule has 0 bridgehead atoms. The third-order valence-electron chi connectivity index (χ3n) is 10.7. The van der Waals surface area contributed by atoms with E-state index in [1.165, 1.54) is 77.0 Å². The third-order valence-corrected chi connectivity index (χ3v) is 10.7. The summed E-state index contributed by atoms with van der Waals surface area (Å²) < 4.78 is 16.8. The molecule has 6 heteroatoms. The highest BCUT2D eigenvalue weighted by atomic mass is 16.6. The van der Waals surface area contributed by atoms with Gasteiger partial charge in [-0.3, -0.25) is 14.4 Å². The summed E-state index contributed by atoms with van der Waals surface area (Å²) in [7, 11) is 0. The summed E-state index contributed by atoms with van der Waals surface area (Å²) >= 11 is 0. The monoisotopic (exact) mass is 863 g/mol. The Morgan fingerprint density at radius 1 is 0.339 bits per heavy atom. The van der Waals surface area contributed by atoms with Gasteiger partial charge in [0.15, 0.2) is 6.10 Å². The Morgan fingerprint density at radius 3 is 1.06 bits per heavy atom. The van der Waals surface area contributed by atoms with E-state index in [0.29, 0.717) is 19.3 Å². The average Bonchev–Trinajstić information content (AvgIpc) is 3.27. The van der Waals surface area contributed by atoms with Crippen LogP contribution in [0.15, 0.2) is 85.1 Å². The van der Waals surface area contributed by atoms with Gasteiger partial charge < -0.3 is 14.2 Å². The van der Waals surface area contributed by atoms with Crippen LogP contribution in [0.25, 0.3) is 0 Å². The topological polar surface area (TPSA) is 78.9 Å². The lowest BCUT2D eigenvalue weighted by molar-refractivity contribution is -0.167. The van der Waals surface area contributed by atoms with Gasteiger partial charge in [0.25, 0.3) is 0 Å². The Balaban J connectivity index is 4.43. The Bertz CT molecular complexity index is 1220. The van der Waals surface area contributed by atoms with E-state index in [2.05, 4.69) is 106 Å². The lowest BCUT2D eigenvalue weighted by Gasteiger charge is -2.18. The lowest BCUT2D eigenvalue weighted by atomic mass is 10.1. The molecule has 354 valence electrons. The zero-order chi connectivity index (χ0) is 45.1. The molecule has 0 aromatic heterocycles. The summed E-state index contributed by atoms with van der Waals surface area (Å²) in [5.74, 6) is -0.937. The highest BCUT2D eigenvalue weighted by Crippen LogP contribution is 2.14. The van der Waals surface area contributed by atoms with E-state index >= 15 is 0 Å². The van der Waals surface area contributed by atoms with Crippen molar-refractivity contribution in [2.75, 3.05) is 13.2 Å². The number of hydrogen-bond donors (Lipinski definition) is 0. The van der Waals surface area contributed by atoms with Crippen LogP contribution < -0.4 is 0 Å². The molecular formula is C56H94O6. The quantitative estimate of drug-likeness (QED) is 0.0199. The summed E-state index contributed by atoms with van der Waals surface area (Å²) in [6.07, 6.45) is 64.2. The number of rotatable bonds is 45. The fourth-order valence-corrected chi connectivity index (χ4v) is 6.84. The third kappa shape index (κ3) is 47.6. The minimum Gasteiger partial charge on any atom is -0.462 e. The smallest absolute Gasteiger partial charge is 0.306 e. The summed E-state index contributed by atoms with van der Waals surface area (Å²) in [6, 6.07) is 0. The Labute approximate surface area is 382 Å². The molecule has 0 fully saturated rings. The molecule has 0 amide bonds. The molecule has 0 spiro atoms. The molecule has 0 aliphatic rings. The van der Waals surface area contributed by atoms with E-state index in [1.807, 2.05) is 0 Å². The van der Waals surface area contributed by atoms with Crippen molar-refractivity contribution in [1.29, 1.82) is 0 Å². The zero-order valence-corrected chi connectivity index (χ0v) is 40.4. The maximum absolute atomic E-state index is 12.8. The number of ether oxygens (including phenoxy) is 3. The number of carbonyl (C=O) groups is 3. The van der Waals surface area contributed by atoms with Crippen molar-refractivity contribution in [2.24, 2.45) is 0 Å². The standard InChI is InChI=1S/C56H94O6/c1-4-7-10-13-16-19-22-24-26-27-28-30-31-34-37-40-43-46-49-55(58)61-52-53(51-60-54(57)48-45-42-39-36-33-21-18-15-12-9-6-3)62-56(59)50-47-44-41-38-35-32-29-25-23-20-17-14-11-8-5-2/h8,11,14-15,17-18,20,22-24,26-28,30,53H,4-7,9-10,12-13,16,19,21,25,29,31-52H2,1-3H3/b11-8-,17-14-,18-15-,23-20-,24-22-,27-26-,30-28-. The predicted octanol–water partition coefficient (Wildman–Crippen LogP) is 16.8. The molecule has 1 atom stereocenters. The molecule has 0 heterocycles. The van der Waals surface area contributed by atoms with Crippen LogP contribution in [-0.4, -0.2) is 37.2 Å². The van der Waals surface area contributed by atoms with Crippen LogP contribution in [0, 0.1) is 0 Å². The molecule has 0 aliphatic carbocycles. The molecule has 1 unspecified atom stereocenters. The van der Waals surface area contributed by atoms with Crippen LogP contribution in [0.4, 0.5) is 0 Å². The maximum atomic E-state index is 12.8. The molecule has 0 rings (SSSR count). The van der Waals surface area contributed by atoms with Gasteiger partial charge in [0.2, 0.25) is 0 Å². The van der Waals surface area contributed by atoms with Crippen molar-refractivity contribution in [3.05, 3.63) is 85.1 Å². The molecule has 0 aromatic rings. The number of carbonyl (C=O) groups excluding carboxylic acids is 3. The first-order valence-corrected chi connectivity index (χ1v) is 25.7. The van der Waals surface area contributed by atoms with Crippen molar-refractivity contribution in [2.45, 2.75) is 239 Å². The fourth-order valence-electron chi connectivity index (χ4n) is 6.84. The van der Waals surface area contributed by atoms with Crippen molar-refractivity contribution < 1.29 is 28.6 Å². The SMILES string of the molecule is CC\C=C/C=C\C=C/CCCCCCCCCC(=O)OC(COC(=O)CCCCCCC\C=C/C=C\C=C/CCCCCCC)COC(=O)CCCCCCC/C=C\CCCC. The van der Waals surface area contributed by atoms with E-state index in [4.69, 9.17) is 14.2 Å². The average molecular weight is 863 g/mol. The largest absolute Gasteiger partial charge is 0.462 e. The first-order valence-electron chi connectivity index (χ1n) is 25.7. The first kappa shape index (κ1) is 58.6. The summed E-state index contributed by atoms with van der Waals surface area (Å²) in [5, 5.41) is 0. The second-order valence-corrected chi connectivity index (χ2v) is 16.8. The van der Waals surface area contributed by atoms with Crippen LogP contribution in [0.5, 0.6) is 0 Å². The molecule has 0 saturated carbocycles. The van der Waals surface area contributed by atoms with E-state index in [0.717, 1.165) is 116 Å². The second-order valence-electron chi connectivity index (χ2n) is 16.8. The van der Waals surface area contributed by atoms with Crippen LogP contribution >= 0.6 is 0 Å². The molecule has 0 radical (unpaired) electrons. The van der Waals surface area contributed by atoms with Crippen molar-refractivity contribution in [1.82, 2.24) is 0 Å². The fraction of sp³-hybridized carbons (Fsp3) is 0.696. The van der Waals surface area contributed by atoms with Gasteiger partial charge in [0.05, 0.1) is 0 Å². The van der Waals surface area contributed by atoms with Crippen molar-refractivity contribution in [3.8, 4) is 0 Å². The first-order chi connectivity index (χ1) is 30.5. The Morgan fingerprint density at radius 2 is 0.661 bits per heavy atom. The Hall–Kier alpha value is -3.41. The summed E-state index contributed by atoms with van der Waals surface area (Å²) in [6.45, 7) is 6.41. The van der Waals surface area contributed by atoms with Crippen LogP contribution in [0.3, 0.4) is 0 Å². The van der Waals surface area contributed by atoms with Gasteiger partial charge in [-0.1, -0.05) is 215 Å². The molecule has 0 N–H and O–H groups in total. The minimum atomic E-state index is -0.794. The number of esters is 3. The molecule has 0 aliphatic heterocycles. The number of allylic oxidation sites excluding steroid dienone is 14. The van der Waals surface area contributed by atoms with E-state index < -0.39 is 6.10 Å². The summed E-state index contributed by atoms with van der Waals surface area (Å²) in [5.41, 5.74) is 0. The van der Waals surface area contributed by atoms with Gasteiger partial charge in [-0.25, -0.2) is 0 Å². The highest BCUT2D eigenvalue weighted by Gasteiger charge is 2.19. The van der Waals surface area contributed by atoms with Gasteiger partial charge >= 0.3 is 17.9 Å². The van der Waals surface area contributed by atoms with Gasteiger partial charge in [-0.05, 0) is 83.5 Å². The van der Waals surface area contributed by atoms with Crippen LogP contribution in [-0.2, 0) is 28.6 Å². The normalized spacial score (nSPS) is 12.8. The zero-order valence-electron chi connectivity index (χ0n) is 40.4. The van der Waals surface area contributed by atoms with Crippen LogP contribution in [0.1, 0.15) is 233 Å². The maximum Gasteiger partial charge on any atom is 0.306 e. The van der Waals surface area contributed by atoms with E-state index in [1.54, 1.807) is 0 Å². The van der Waals surface area contributed by atoms with Crippen molar-refractivity contribution >= 4 is 17.9 Å². The molecule has 0 aromatic carbocycles. The summed E-state index contributed by atoms with van der Waals surface area (Å²) in [4.78, 5) is 37.9. The Kier molecular flexibility index (Phi) is 47.5. The van der Waals surface area contributed by atoms with E-state index in [-0.39, 0.29) is 31.1 Å². The number of unbranched alkanes of at least 4 members (excludes halogenated alkanes) is 24. The van der Waals surface area contributed by atoms with Gasteiger partial charge in [-0.15, -0.1) is 0 Å². The lowest BCUT2D eigenvalue weighted by Crippen LogP contribution is -2.30. The predicted molar refractivity (Wildman–Crippen MR) is 265 cm³/mol.